The molecule has 8 nitrogen and oxygen atoms in total. The molecule has 1 amide bonds. The number of phosphoric acid groups is 1. The van der Waals surface area contributed by atoms with E-state index in [2.05, 4.69) is 55.6 Å². The third-order valence-corrected chi connectivity index (χ3v) is 11.7. The van der Waals surface area contributed by atoms with Crippen LogP contribution in [-0.4, -0.2) is 68.5 Å². The van der Waals surface area contributed by atoms with Crippen LogP contribution in [0, 0.1) is 0 Å². The lowest BCUT2D eigenvalue weighted by Gasteiger charge is -2.29. The van der Waals surface area contributed by atoms with E-state index in [0.29, 0.717) is 17.4 Å². The van der Waals surface area contributed by atoms with Crippen LogP contribution < -0.4 is 10.2 Å². The summed E-state index contributed by atoms with van der Waals surface area (Å²) in [6.07, 6.45) is 53.5. The molecule has 0 radical (unpaired) electrons. The Bertz CT molecular complexity index is 1100. The van der Waals surface area contributed by atoms with Crippen LogP contribution >= 0.6 is 7.82 Å². The largest absolute Gasteiger partial charge is 0.756 e. The maximum Gasteiger partial charge on any atom is 0.268 e. The lowest BCUT2D eigenvalue weighted by Crippen LogP contribution is -2.45. The molecule has 0 aliphatic carbocycles. The summed E-state index contributed by atoms with van der Waals surface area (Å²) < 4.78 is 23.1. The zero-order valence-electron chi connectivity index (χ0n) is 39.2. The molecule has 9 heteroatoms. The van der Waals surface area contributed by atoms with E-state index < -0.39 is 26.6 Å². The number of amides is 1. The van der Waals surface area contributed by atoms with Gasteiger partial charge in [-0.25, -0.2) is 0 Å². The van der Waals surface area contributed by atoms with Gasteiger partial charge in [0.2, 0.25) is 5.91 Å². The fourth-order valence-electron chi connectivity index (χ4n) is 6.83. The minimum atomic E-state index is -4.59. The molecular formula is C50H95N2O6P. The van der Waals surface area contributed by atoms with Gasteiger partial charge >= 0.3 is 0 Å². The number of quaternary nitrogens is 1. The number of allylic oxidation sites excluding steroid dienone is 7. The predicted octanol–water partition coefficient (Wildman–Crippen LogP) is 13.4. The second-order valence-corrected chi connectivity index (χ2v) is 19.2. The average Bonchev–Trinajstić information content (AvgIpc) is 3.19. The van der Waals surface area contributed by atoms with Crippen molar-refractivity contribution in [3.63, 3.8) is 0 Å². The third-order valence-electron chi connectivity index (χ3n) is 10.8. The Hall–Kier alpha value is -1.54. The van der Waals surface area contributed by atoms with Crippen LogP contribution in [0.2, 0.25) is 0 Å². The van der Waals surface area contributed by atoms with Gasteiger partial charge in [0.05, 0.1) is 39.9 Å². The van der Waals surface area contributed by atoms with Gasteiger partial charge in [-0.15, -0.1) is 0 Å². The molecule has 2 N–H and O–H groups in total. The van der Waals surface area contributed by atoms with E-state index in [-0.39, 0.29) is 12.5 Å². The molecule has 0 spiro atoms. The summed E-state index contributed by atoms with van der Waals surface area (Å²) in [6, 6.07) is -0.900. The number of unbranched alkanes of at least 4 members (excludes halogenated alkanes) is 25. The molecule has 0 aliphatic heterocycles. The Morgan fingerprint density at radius 2 is 1.02 bits per heavy atom. The number of aliphatic hydroxyl groups excluding tert-OH is 1. The molecule has 3 unspecified atom stereocenters. The summed E-state index contributed by atoms with van der Waals surface area (Å²) in [4.78, 5) is 25.2. The maximum atomic E-state index is 12.8. The van der Waals surface area contributed by atoms with Gasteiger partial charge in [0, 0.05) is 6.42 Å². The van der Waals surface area contributed by atoms with Crippen LogP contribution in [0.15, 0.2) is 48.6 Å². The van der Waals surface area contributed by atoms with Crippen molar-refractivity contribution < 1.29 is 32.9 Å². The first-order valence-corrected chi connectivity index (χ1v) is 26.0. The number of nitrogens with zero attached hydrogens (tertiary/aromatic N) is 1. The molecule has 3 atom stereocenters. The number of nitrogens with one attached hydrogen (secondary N) is 1. The standard InChI is InChI=1S/C50H95N2O6P/c1-6-8-10-12-14-16-17-18-19-20-21-22-23-24-25-26-27-28-29-30-31-32-33-34-35-36-38-40-42-44-50(54)51-48(47-58-59(55,56)57-46-45-52(3,4)5)49(53)43-41-39-37-15-13-11-9-7-2/h13,15,17-18,20-21,41,43,48-49,53H,6-12,14,16,19,22-40,42,44-47H2,1-5H3,(H-,51,54,55,56)/b15-13+,18-17-,21-20-,43-41+. The Labute approximate surface area is 365 Å². The molecule has 59 heavy (non-hydrogen) atoms. The number of hydrogen-bond acceptors (Lipinski definition) is 6. The lowest BCUT2D eigenvalue weighted by molar-refractivity contribution is -0.870. The van der Waals surface area contributed by atoms with Crippen LogP contribution in [0.3, 0.4) is 0 Å². The number of phosphoric ester groups is 1. The highest BCUT2D eigenvalue weighted by atomic mass is 31.2. The van der Waals surface area contributed by atoms with Gasteiger partial charge in [0.25, 0.3) is 7.82 Å². The SMILES string of the molecule is CCCC/C=C/CC/C=C/C(O)C(COP(=O)([O-])OCC[N+](C)(C)C)NC(=O)CCCCCCCCCCCCCCCCCCC/C=C\C/C=C\CCCCCCC. The molecule has 0 aromatic rings. The van der Waals surface area contributed by atoms with Crippen LogP contribution in [0.1, 0.15) is 213 Å². The highest BCUT2D eigenvalue weighted by molar-refractivity contribution is 7.45. The molecule has 0 aromatic heterocycles. The Morgan fingerprint density at radius 1 is 0.593 bits per heavy atom. The fourth-order valence-corrected chi connectivity index (χ4v) is 7.55. The van der Waals surface area contributed by atoms with E-state index >= 15 is 0 Å². The van der Waals surface area contributed by atoms with E-state index in [9.17, 15) is 19.4 Å². The first-order valence-electron chi connectivity index (χ1n) is 24.5. The summed E-state index contributed by atoms with van der Waals surface area (Å²) in [5, 5.41) is 13.7. The molecule has 0 bridgehead atoms. The average molecular weight is 851 g/mol. The minimum absolute atomic E-state index is 0.00700. The van der Waals surface area contributed by atoms with Gasteiger partial charge < -0.3 is 28.8 Å². The van der Waals surface area contributed by atoms with E-state index in [4.69, 9.17) is 9.05 Å². The van der Waals surface area contributed by atoms with E-state index in [1.807, 2.05) is 27.2 Å². The molecule has 0 fully saturated rings. The van der Waals surface area contributed by atoms with E-state index in [0.717, 1.165) is 44.9 Å². The van der Waals surface area contributed by atoms with Crippen molar-refractivity contribution >= 4 is 13.7 Å². The Balaban J connectivity index is 4.01. The molecule has 346 valence electrons. The van der Waals surface area contributed by atoms with Crippen LogP contribution in [0.5, 0.6) is 0 Å². The number of aliphatic hydroxyl groups is 1. The predicted molar refractivity (Wildman–Crippen MR) is 251 cm³/mol. The van der Waals surface area contributed by atoms with Gasteiger partial charge in [-0.1, -0.05) is 197 Å². The number of hydrogen-bond donors (Lipinski definition) is 2. The van der Waals surface area contributed by atoms with Gasteiger partial charge in [-0.05, 0) is 57.8 Å². The van der Waals surface area contributed by atoms with Crippen molar-refractivity contribution in [2.75, 3.05) is 40.9 Å². The zero-order valence-corrected chi connectivity index (χ0v) is 40.1. The summed E-state index contributed by atoms with van der Waals surface area (Å²) in [5.41, 5.74) is 0. The highest BCUT2D eigenvalue weighted by Gasteiger charge is 2.23. The lowest BCUT2D eigenvalue weighted by atomic mass is 10.0. The first kappa shape index (κ1) is 57.5. The monoisotopic (exact) mass is 851 g/mol. The van der Waals surface area contributed by atoms with Crippen LogP contribution in [0.4, 0.5) is 0 Å². The second-order valence-electron chi connectivity index (χ2n) is 17.8. The molecule has 0 aliphatic rings. The number of carbonyl (C=O) groups excluding carboxylic acids is 1. The van der Waals surface area contributed by atoms with Crippen molar-refractivity contribution in [2.45, 2.75) is 225 Å². The van der Waals surface area contributed by atoms with Crippen molar-refractivity contribution in [1.82, 2.24) is 5.32 Å². The normalized spacial score (nSPS) is 14.6. The molecule has 0 heterocycles. The van der Waals surface area contributed by atoms with Crippen molar-refractivity contribution in [3.05, 3.63) is 48.6 Å². The number of carbonyl (C=O) groups is 1. The fraction of sp³-hybridized carbons (Fsp3) is 0.820. The molecule has 0 saturated heterocycles. The molecule has 0 aromatic carbocycles. The quantitative estimate of drug-likeness (QED) is 0.0274. The number of rotatable bonds is 44. The van der Waals surface area contributed by atoms with Crippen molar-refractivity contribution in [2.24, 2.45) is 0 Å². The molecule has 0 rings (SSSR count). The van der Waals surface area contributed by atoms with E-state index in [1.165, 1.54) is 148 Å². The van der Waals surface area contributed by atoms with Gasteiger partial charge in [0.15, 0.2) is 0 Å². The minimum Gasteiger partial charge on any atom is -0.756 e. The summed E-state index contributed by atoms with van der Waals surface area (Å²) >= 11 is 0. The van der Waals surface area contributed by atoms with Gasteiger partial charge in [0.1, 0.15) is 13.2 Å². The molecular weight excluding hydrogens is 756 g/mol. The number of likely N-dealkylation sites (N-methyl/N-ethyl adjacent to an activating group) is 1. The highest BCUT2D eigenvalue weighted by Crippen LogP contribution is 2.38. The zero-order chi connectivity index (χ0) is 43.6. The summed E-state index contributed by atoms with van der Waals surface area (Å²) in [7, 11) is 1.24. The van der Waals surface area contributed by atoms with Crippen molar-refractivity contribution in [3.8, 4) is 0 Å². The first-order chi connectivity index (χ1) is 28.5. The Kier molecular flexibility index (Phi) is 40.7. The van der Waals surface area contributed by atoms with Crippen molar-refractivity contribution in [1.29, 1.82) is 0 Å². The van der Waals surface area contributed by atoms with Gasteiger partial charge in [-0.2, -0.15) is 0 Å². The molecule has 0 saturated carbocycles. The third kappa shape index (κ3) is 44.3. The van der Waals surface area contributed by atoms with E-state index in [1.54, 1.807) is 6.08 Å². The maximum absolute atomic E-state index is 12.8. The topological polar surface area (TPSA) is 108 Å². The Morgan fingerprint density at radius 3 is 1.53 bits per heavy atom. The van der Waals surface area contributed by atoms with Gasteiger partial charge in [-0.3, -0.25) is 9.36 Å². The second kappa shape index (κ2) is 41.8. The van der Waals surface area contributed by atoms with Crippen LogP contribution in [-0.2, 0) is 18.4 Å². The smallest absolute Gasteiger partial charge is 0.268 e. The summed E-state index contributed by atoms with van der Waals surface area (Å²) in [5.74, 6) is -0.211. The summed E-state index contributed by atoms with van der Waals surface area (Å²) in [6.45, 7) is 4.54. The van der Waals surface area contributed by atoms with Crippen LogP contribution in [0.25, 0.3) is 0 Å².